The van der Waals surface area contributed by atoms with Crippen LogP contribution in [0, 0.1) is 18.8 Å². The Bertz CT molecular complexity index is 1250. The highest BCUT2D eigenvalue weighted by molar-refractivity contribution is 6.36. The van der Waals surface area contributed by atoms with E-state index in [9.17, 15) is 14.4 Å². The van der Waals surface area contributed by atoms with Crippen LogP contribution in [0.1, 0.15) is 28.0 Å². The van der Waals surface area contributed by atoms with Crippen LogP contribution in [0.25, 0.3) is 0 Å². The average Bonchev–Trinajstić information content (AvgIpc) is 3.33. The molecule has 4 aliphatic rings. The van der Waals surface area contributed by atoms with E-state index in [-0.39, 0.29) is 5.82 Å². The fourth-order valence-corrected chi connectivity index (χ4v) is 6.73. The number of hydrogen-bond acceptors (Lipinski definition) is 5. The molecule has 0 radical (unpaired) electrons. The Hall–Kier alpha value is -3.16. The topological polar surface area (TPSA) is 92.5 Å². The van der Waals surface area contributed by atoms with Crippen LogP contribution in [-0.2, 0) is 24.1 Å². The van der Waals surface area contributed by atoms with Crippen molar-refractivity contribution < 1.29 is 18.9 Å². The summed E-state index contributed by atoms with van der Waals surface area (Å²) in [6, 6.07) is 16.3. The Morgan fingerprint density at radius 3 is 1.82 bits per heavy atom. The average molecular weight is 482 g/mol. The molecule has 1 saturated heterocycles. The van der Waals surface area contributed by atoms with Gasteiger partial charge in [-0.15, -0.1) is 23.2 Å². The third-order valence-corrected chi connectivity index (χ3v) is 8.16. The molecule has 9 heteroatoms. The zero-order valence-electron chi connectivity index (χ0n) is 17.3. The zero-order valence-corrected chi connectivity index (χ0v) is 18.9. The molecule has 2 heterocycles. The molecule has 7 rings (SSSR count). The van der Waals surface area contributed by atoms with E-state index in [4.69, 9.17) is 27.7 Å². The van der Waals surface area contributed by atoms with E-state index < -0.39 is 45.9 Å². The lowest BCUT2D eigenvalue weighted by molar-refractivity contribution is -0.142. The molecule has 3 aromatic rings. The van der Waals surface area contributed by atoms with Gasteiger partial charge in [-0.1, -0.05) is 53.7 Å². The fourth-order valence-electron chi connectivity index (χ4n) is 5.63. The molecular formula is C24H17Cl2N3O4. The molecule has 2 bridgehead atoms. The molecule has 1 fully saturated rings. The minimum Gasteiger partial charge on any atom is -0.360 e. The minimum atomic E-state index is -1.27. The van der Waals surface area contributed by atoms with Crippen LogP contribution in [0.2, 0.25) is 0 Å². The maximum Gasteiger partial charge on any atom is 0.245 e. The van der Waals surface area contributed by atoms with Crippen molar-refractivity contribution in [2.75, 3.05) is 11.9 Å². The Labute approximate surface area is 198 Å². The number of imide groups is 1. The van der Waals surface area contributed by atoms with Gasteiger partial charge in [0.05, 0.1) is 11.8 Å². The second kappa shape index (κ2) is 6.68. The monoisotopic (exact) mass is 481 g/mol. The summed E-state index contributed by atoms with van der Waals surface area (Å²) < 4.78 is 4.94. The number of aromatic nitrogens is 1. The molecule has 1 aromatic heterocycles. The molecule has 2 aromatic carbocycles. The van der Waals surface area contributed by atoms with E-state index in [0.29, 0.717) is 28.0 Å². The Balaban J connectivity index is 1.45. The number of amides is 3. The number of likely N-dealkylation sites (tertiary alicyclic amines) is 1. The van der Waals surface area contributed by atoms with Gasteiger partial charge in [-0.05, 0) is 29.2 Å². The minimum absolute atomic E-state index is 0.205. The van der Waals surface area contributed by atoms with E-state index in [1.807, 2.05) is 48.5 Å². The Morgan fingerprint density at radius 2 is 1.42 bits per heavy atom. The smallest absolute Gasteiger partial charge is 0.245 e. The lowest BCUT2D eigenvalue weighted by Crippen LogP contribution is -2.57. The molecule has 166 valence electrons. The number of carbonyl (C=O) groups excluding carboxylic acids is 3. The number of carbonyl (C=O) groups is 3. The molecule has 0 unspecified atom stereocenters. The van der Waals surface area contributed by atoms with Gasteiger partial charge in [0.15, 0.2) is 5.82 Å². The van der Waals surface area contributed by atoms with E-state index in [0.717, 1.165) is 4.90 Å². The summed E-state index contributed by atoms with van der Waals surface area (Å²) in [5, 5.41) is 6.26. The van der Waals surface area contributed by atoms with E-state index in [2.05, 4.69) is 10.5 Å². The van der Waals surface area contributed by atoms with Gasteiger partial charge in [-0.3, -0.25) is 19.3 Å². The normalized spacial score (nSPS) is 29.0. The Kier molecular flexibility index (Phi) is 4.14. The predicted molar refractivity (Wildman–Crippen MR) is 120 cm³/mol. The van der Waals surface area contributed by atoms with Crippen molar-refractivity contribution in [3.63, 3.8) is 0 Å². The lowest BCUT2D eigenvalue weighted by atomic mass is 9.54. The van der Waals surface area contributed by atoms with Crippen molar-refractivity contribution in [2.45, 2.75) is 16.7 Å². The molecular weight excluding hydrogens is 465 g/mol. The number of anilines is 1. The molecule has 7 nitrogen and oxygen atoms in total. The van der Waals surface area contributed by atoms with Crippen LogP contribution in [-0.4, -0.2) is 34.3 Å². The number of benzene rings is 2. The van der Waals surface area contributed by atoms with Gasteiger partial charge in [-0.25, -0.2) is 0 Å². The first kappa shape index (κ1) is 20.4. The highest BCUT2D eigenvalue weighted by Gasteiger charge is 2.73. The second-order valence-corrected chi connectivity index (χ2v) is 9.80. The van der Waals surface area contributed by atoms with E-state index >= 15 is 0 Å². The van der Waals surface area contributed by atoms with Crippen LogP contribution in [0.15, 0.2) is 59.1 Å². The molecule has 2 atom stereocenters. The van der Waals surface area contributed by atoms with Crippen molar-refractivity contribution in [1.29, 1.82) is 0 Å². The van der Waals surface area contributed by atoms with Crippen molar-refractivity contribution in [3.8, 4) is 0 Å². The zero-order chi connectivity index (χ0) is 23.1. The number of aryl methyl sites for hydroxylation is 1. The number of alkyl halides is 2. The maximum absolute atomic E-state index is 13.6. The van der Waals surface area contributed by atoms with Gasteiger partial charge >= 0.3 is 0 Å². The summed E-state index contributed by atoms with van der Waals surface area (Å²) in [4.78, 5) is 38.4. The van der Waals surface area contributed by atoms with Gasteiger partial charge in [0.2, 0.25) is 17.7 Å². The SMILES string of the molecule is Cc1cc(NC(=O)CN2C(=O)[C@H]3[C@H](C2=O)C2(Cl)c4ccccc4C3(Cl)c3ccccc32)no1. The van der Waals surface area contributed by atoms with Crippen LogP contribution >= 0.6 is 23.2 Å². The number of halogens is 2. The van der Waals surface area contributed by atoms with Gasteiger partial charge in [0.25, 0.3) is 0 Å². The summed E-state index contributed by atoms with van der Waals surface area (Å²) in [6.07, 6.45) is 0. The summed E-state index contributed by atoms with van der Waals surface area (Å²) in [5.74, 6) is -2.74. The first-order chi connectivity index (χ1) is 15.8. The highest BCUT2D eigenvalue weighted by Crippen LogP contribution is 2.69. The summed E-state index contributed by atoms with van der Waals surface area (Å²) in [6.45, 7) is 1.22. The molecule has 0 saturated carbocycles. The van der Waals surface area contributed by atoms with Gasteiger partial charge in [-0.2, -0.15) is 0 Å². The second-order valence-electron chi connectivity index (χ2n) is 8.60. The Morgan fingerprint density at radius 1 is 0.970 bits per heavy atom. The number of rotatable bonds is 3. The number of nitrogens with zero attached hydrogens (tertiary/aromatic N) is 2. The summed E-state index contributed by atoms with van der Waals surface area (Å²) in [7, 11) is 0. The van der Waals surface area contributed by atoms with Crippen LogP contribution in [0.3, 0.4) is 0 Å². The van der Waals surface area contributed by atoms with Gasteiger partial charge in [0.1, 0.15) is 22.1 Å². The highest BCUT2D eigenvalue weighted by atomic mass is 35.5. The van der Waals surface area contributed by atoms with Crippen molar-refractivity contribution in [2.24, 2.45) is 11.8 Å². The largest absolute Gasteiger partial charge is 0.360 e. The van der Waals surface area contributed by atoms with E-state index in [1.165, 1.54) is 0 Å². The molecule has 1 aliphatic heterocycles. The molecule has 0 spiro atoms. The van der Waals surface area contributed by atoms with Crippen molar-refractivity contribution in [1.82, 2.24) is 10.1 Å². The summed E-state index contributed by atoms with van der Waals surface area (Å²) >= 11 is 14.7. The maximum atomic E-state index is 13.6. The van der Waals surface area contributed by atoms with Crippen LogP contribution in [0.4, 0.5) is 5.82 Å². The fraction of sp³-hybridized carbons (Fsp3) is 0.250. The third kappa shape index (κ3) is 2.46. The number of hydrogen-bond donors (Lipinski definition) is 1. The molecule has 33 heavy (non-hydrogen) atoms. The van der Waals surface area contributed by atoms with E-state index in [1.54, 1.807) is 13.0 Å². The van der Waals surface area contributed by atoms with Crippen molar-refractivity contribution >= 4 is 46.7 Å². The van der Waals surface area contributed by atoms with Gasteiger partial charge < -0.3 is 9.84 Å². The third-order valence-electron chi connectivity index (χ3n) is 6.87. The number of nitrogens with one attached hydrogen (secondary N) is 1. The van der Waals surface area contributed by atoms with Crippen LogP contribution in [0.5, 0.6) is 0 Å². The quantitative estimate of drug-likeness (QED) is 0.456. The van der Waals surface area contributed by atoms with Crippen LogP contribution < -0.4 is 5.32 Å². The molecule has 1 N–H and O–H groups in total. The molecule has 3 aliphatic carbocycles. The first-order valence-corrected chi connectivity index (χ1v) is 11.2. The first-order valence-electron chi connectivity index (χ1n) is 10.4. The molecule has 3 amide bonds. The van der Waals surface area contributed by atoms with Crippen molar-refractivity contribution in [3.05, 3.63) is 82.6 Å². The summed E-state index contributed by atoms with van der Waals surface area (Å²) in [5.41, 5.74) is 2.86. The lowest BCUT2D eigenvalue weighted by Gasteiger charge is -2.54. The standard InChI is InChI=1S/C24H17Cl2N3O4/c1-12-10-17(28-33-12)27-18(30)11-29-21(31)19-20(22(29)32)24(26)14-7-3-2-6-13(14)23(19,25)15-8-4-5-9-16(15)24/h2-10,19-20H,11H2,1H3,(H,27,28,30)/t19-,20-,23?,24?/m1/s1. The predicted octanol–water partition coefficient (Wildman–Crippen LogP) is 3.51. The van der Waals surface area contributed by atoms with Gasteiger partial charge in [0, 0.05) is 6.07 Å².